The third kappa shape index (κ3) is 1.92. The monoisotopic (exact) mass is 167 g/mol. The van der Waals surface area contributed by atoms with Crippen LogP contribution in [-0.4, -0.2) is 9.97 Å². The maximum atomic E-state index is 11.0. The van der Waals surface area contributed by atoms with Gasteiger partial charge < -0.3 is 10.7 Å². The predicted octanol–water partition coefficient (Wildman–Crippen LogP) is 0.352. The van der Waals surface area contributed by atoms with Gasteiger partial charge in [0.15, 0.2) is 0 Å². The van der Waals surface area contributed by atoms with Crippen LogP contribution in [0.2, 0.25) is 0 Å². The largest absolute Gasteiger partial charge is 0.325 e. The summed E-state index contributed by atoms with van der Waals surface area (Å²) < 4.78 is 0. The summed E-state index contributed by atoms with van der Waals surface area (Å²) in [6.07, 6.45) is 0. The van der Waals surface area contributed by atoms with Crippen LogP contribution in [0.4, 0.5) is 0 Å². The molecule has 0 fully saturated rings. The lowest BCUT2D eigenvalue weighted by molar-refractivity contribution is 0.748. The van der Waals surface area contributed by atoms with E-state index in [4.69, 9.17) is 5.73 Å². The highest BCUT2D eigenvalue weighted by Crippen LogP contribution is 2.05. The third-order valence-corrected chi connectivity index (χ3v) is 1.57. The Hall–Kier alpha value is -1.16. The Morgan fingerprint density at radius 1 is 1.67 bits per heavy atom. The molecular weight excluding hydrogens is 154 g/mol. The summed E-state index contributed by atoms with van der Waals surface area (Å²) in [5.41, 5.74) is 5.88. The maximum absolute atomic E-state index is 11.0. The molecule has 0 aliphatic rings. The van der Waals surface area contributed by atoms with Gasteiger partial charge in [0.25, 0.3) is 5.56 Å². The van der Waals surface area contributed by atoms with Gasteiger partial charge in [-0.05, 0) is 0 Å². The Morgan fingerprint density at radius 2 is 2.33 bits per heavy atom. The van der Waals surface area contributed by atoms with E-state index in [0.717, 1.165) is 0 Å². The molecule has 3 N–H and O–H groups in total. The summed E-state index contributed by atoms with van der Waals surface area (Å²) in [7, 11) is 0. The van der Waals surface area contributed by atoms with Gasteiger partial charge in [-0.3, -0.25) is 4.79 Å². The van der Waals surface area contributed by atoms with Crippen molar-refractivity contribution in [2.45, 2.75) is 26.3 Å². The molecule has 0 bridgehead atoms. The zero-order valence-corrected chi connectivity index (χ0v) is 7.29. The highest BCUT2D eigenvalue weighted by molar-refractivity contribution is 5.04. The minimum absolute atomic E-state index is 0.130. The van der Waals surface area contributed by atoms with Crippen molar-refractivity contribution in [1.82, 2.24) is 9.97 Å². The number of hydrogen-bond acceptors (Lipinski definition) is 3. The van der Waals surface area contributed by atoms with Crippen LogP contribution in [0.25, 0.3) is 0 Å². The Labute approximate surface area is 70.8 Å². The van der Waals surface area contributed by atoms with Crippen molar-refractivity contribution in [3.8, 4) is 0 Å². The highest BCUT2D eigenvalue weighted by atomic mass is 16.1. The number of H-pyrrole nitrogens is 1. The van der Waals surface area contributed by atoms with Gasteiger partial charge in [-0.1, -0.05) is 13.8 Å². The molecule has 1 aromatic heterocycles. The molecule has 0 saturated heterocycles. The van der Waals surface area contributed by atoms with Gasteiger partial charge in [-0.25, -0.2) is 4.98 Å². The zero-order chi connectivity index (χ0) is 9.14. The van der Waals surface area contributed by atoms with Crippen LogP contribution in [-0.2, 0) is 6.54 Å². The molecule has 0 aromatic carbocycles. The first-order valence-corrected chi connectivity index (χ1v) is 3.93. The van der Waals surface area contributed by atoms with E-state index in [-0.39, 0.29) is 11.5 Å². The van der Waals surface area contributed by atoms with Crippen molar-refractivity contribution >= 4 is 0 Å². The Bertz CT molecular complexity index is 316. The van der Waals surface area contributed by atoms with Gasteiger partial charge >= 0.3 is 0 Å². The third-order valence-electron chi connectivity index (χ3n) is 1.57. The fourth-order valence-electron chi connectivity index (χ4n) is 0.907. The fourth-order valence-corrected chi connectivity index (χ4v) is 0.907. The van der Waals surface area contributed by atoms with Crippen LogP contribution in [0.1, 0.15) is 31.3 Å². The summed E-state index contributed by atoms with van der Waals surface area (Å²) in [5.74, 6) is 0.923. The number of nitrogens with zero attached hydrogens (tertiary/aromatic N) is 1. The van der Waals surface area contributed by atoms with E-state index in [0.29, 0.717) is 18.1 Å². The molecule has 12 heavy (non-hydrogen) atoms. The van der Waals surface area contributed by atoms with Gasteiger partial charge in [-0.2, -0.15) is 0 Å². The van der Waals surface area contributed by atoms with Gasteiger partial charge in [0.2, 0.25) is 0 Å². The normalized spacial score (nSPS) is 10.7. The lowest BCUT2D eigenvalue weighted by Gasteiger charge is -2.04. The van der Waals surface area contributed by atoms with E-state index >= 15 is 0 Å². The molecular formula is C8H13N3O. The average Bonchev–Trinajstić information content (AvgIpc) is 2.03. The Kier molecular flexibility index (Phi) is 2.60. The quantitative estimate of drug-likeness (QED) is 0.667. The molecule has 0 aliphatic heterocycles. The number of hydrogen-bond donors (Lipinski definition) is 2. The lowest BCUT2D eigenvalue weighted by atomic mass is 10.2. The van der Waals surface area contributed by atoms with E-state index in [9.17, 15) is 4.79 Å². The van der Waals surface area contributed by atoms with Crippen LogP contribution in [0.5, 0.6) is 0 Å². The lowest BCUT2D eigenvalue weighted by Crippen LogP contribution is -2.15. The molecule has 0 atom stereocenters. The van der Waals surface area contributed by atoms with Gasteiger partial charge in [-0.15, -0.1) is 0 Å². The minimum atomic E-state index is -0.130. The molecule has 0 unspecified atom stereocenters. The van der Waals surface area contributed by atoms with E-state index < -0.39 is 0 Å². The fraction of sp³-hybridized carbons (Fsp3) is 0.500. The number of aromatic amines is 1. The SMILES string of the molecule is CC(C)c1nc(CN)cc(=O)[nH]1. The standard InChI is InChI=1S/C8H13N3O/c1-5(2)8-10-6(4-9)3-7(12)11-8/h3,5H,4,9H2,1-2H3,(H,10,11,12). The summed E-state index contributed by atoms with van der Waals surface area (Å²) in [4.78, 5) is 17.9. The van der Waals surface area contributed by atoms with Crippen LogP contribution >= 0.6 is 0 Å². The van der Waals surface area contributed by atoms with Crippen LogP contribution in [0.15, 0.2) is 10.9 Å². The number of aromatic nitrogens is 2. The molecule has 66 valence electrons. The van der Waals surface area contributed by atoms with Crippen LogP contribution in [0.3, 0.4) is 0 Å². The van der Waals surface area contributed by atoms with E-state index in [1.807, 2.05) is 13.8 Å². The number of nitrogens with one attached hydrogen (secondary N) is 1. The summed E-state index contributed by atoms with van der Waals surface area (Å²) in [6.45, 7) is 4.25. The molecule has 1 heterocycles. The molecule has 4 nitrogen and oxygen atoms in total. The topological polar surface area (TPSA) is 71.8 Å². The maximum Gasteiger partial charge on any atom is 0.251 e. The second kappa shape index (κ2) is 3.49. The first-order chi connectivity index (χ1) is 5.63. The van der Waals surface area contributed by atoms with Crippen LogP contribution < -0.4 is 11.3 Å². The van der Waals surface area contributed by atoms with E-state index in [2.05, 4.69) is 9.97 Å². The summed E-state index contributed by atoms with van der Waals surface area (Å²) in [6, 6.07) is 1.42. The molecule has 0 aliphatic carbocycles. The number of rotatable bonds is 2. The summed E-state index contributed by atoms with van der Waals surface area (Å²) >= 11 is 0. The van der Waals surface area contributed by atoms with Crippen molar-refractivity contribution in [2.75, 3.05) is 0 Å². The molecule has 0 radical (unpaired) electrons. The first-order valence-electron chi connectivity index (χ1n) is 3.93. The van der Waals surface area contributed by atoms with E-state index in [1.54, 1.807) is 0 Å². The smallest absolute Gasteiger partial charge is 0.251 e. The number of nitrogens with two attached hydrogens (primary N) is 1. The molecule has 1 aromatic rings. The second-order valence-electron chi connectivity index (χ2n) is 2.98. The highest BCUT2D eigenvalue weighted by Gasteiger charge is 2.03. The zero-order valence-electron chi connectivity index (χ0n) is 7.29. The van der Waals surface area contributed by atoms with Crippen LogP contribution in [0, 0.1) is 0 Å². The van der Waals surface area contributed by atoms with Crippen molar-refractivity contribution in [2.24, 2.45) is 5.73 Å². The second-order valence-corrected chi connectivity index (χ2v) is 2.98. The molecule has 1 rings (SSSR count). The summed E-state index contributed by atoms with van der Waals surface area (Å²) in [5, 5.41) is 0. The average molecular weight is 167 g/mol. The van der Waals surface area contributed by atoms with Crippen molar-refractivity contribution in [3.63, 3.8) is 0 Å². The minimum Gasteiger partial charge on any atom is -0.325 e. The van der Waals surface area contributed by atoms with E-state index in [1.165, 1.54) is 6.07 Å². The van der Waals surface area contributed by atoms with Gasteiger partial charge in [0, 0.05) is 18.5 Å². The van der Waals surface area contributed by atoms with Gasteiger partial charge in [0.05, 0.1) is 5.69 Å². The van der Waals surface area contributed by atoms with Crippen molar-refractivity contribution in [3.05, 3.63) is 27.9 Å². The predicted molar refractivity (Wildman–Crippen MR) is 46.8 cm³/mol. The van der Waals surface area contributed by atoms with Crippen molar-refractivity contribution < 1.29 is 0 Å². The molecule has 0 saturated carbocycles. The van der Waals surface area contributed by atoms with Gasteiger partial charge in [0.1, 0.15) is 5.82 Å². The molecule has 4 heteroatoms. The Balaban J connectivity index is 3.15. The first kappa shape index (κ1) is 8.93. The molecule has 0 spiro atoms. The van der Waals surface area contributed by atoms with Crippen molar-refractivity contribution in [1.29, 1.82) is 0 Å². The molecule has 0 amide bonds. The Morgan fingerprint density at radius 3 is 2.83 bits per heavy atom.